The Morgan fingerprint density at radius 1 is 1.43 bits per heavy atom. The molecule has 4 atom stereocenters. The van der Waals surface area contributed by atoms with Gasteiger partial charge in [-0.25, -0.2) is 4.79 Å². The summed E-state index contributed by atoms with van der Waals surface area (Å²) in [7, 11) is -0.661. The highest BCUT2D eigenvalue weighted by atomic mass is 31.1. The first-order valence-electron chi connectivity index (χ1n) is 10.3. The van der Waals surface area contributed by atoms with Crippen molar-refractivity contribution >= 4 is 14.5 Å². The van der Waals surface area contributed by atoms with Crippen LogP contribution >= 0.6 is 8.15 Å². The summed E-state index contributed by atoms with van der Waals surface area (Å²) in [5.74, 6) is 8.71. The van der Waals surface area contributed by atoms with E-state index in [4.69, 9.17) is 15.7 Å². The Morgan fingerprint density at radius 2 is 2.20 bits per heavy atom. The van der Waals surface area contributed by atoms with Gasteiger partial charge < -0.3 is 9.26 Å². The summed E-state index contributed by atoms with van der Waals surface area (Å²) < 4.78 is 13.1. The highest BCUT2D eigenvalue weighted by molar-refractivity contribution is 7.52. The van der Waals surface area contributed by atoms with Crippen molar-refractivity contribution in [2.45, 2.75) is 58.3 Å². The lowest BCUT2D eigenvalue weighted by molar-refractivity contribution is 0.00317. The van der Waals surface area contributed by atoms with Crippen molar-refractivity contribution in [3.63, 3.8) is 0 Å². The molecule has 30 heavy (non-hydrogen) atoms. The zero-order valence-electron chi connectivity index (χ0n) is 17.9. The first-order chi connectivity index (χ1) is 14.5. The third kappa shape index (κ3) is 7.17. The normalized spacial score (nSPS) is 21.7. The van der Waals surface area contributed by atoms with Crippen LogP contribution in [-0.4, -0.2) is 41.4 Å². The van der Waals surface area contributed by atoms with Crippen LogP contribution < -0.4 is 11.2 Å². The van der Waals surface area contributed by atoms with Crippen LogP contribution in [0.25, 0.3) is 0 Å². The number of unbranched alkanes of at least 4 members (excludes halogenated alkanes) is 3. The van der Waals surface area contributed by atoms with E-state index >= 15 is 0 Å². The minimum Gasteiger partial charge on any atom is -0.464 e. The molecule has 1 aromatic heterocycles. The van der Waals surface area contributed by atoms with Gasteiger partial charge in [0.2, 0.25) is 0 Å². The van der Waals surface area contributed by atoms with Gasteiger partial charge in [0.25, 0.3) is 5.56 Å². The average Bonchev–Trinajstić information content (AvgIpc) is 3.06. The van der Waals surface area contributed by atoms with E-state index in [-0.39, 0.29) is 17.6 Å². The molecule has 0 radical (unpaired) electrons. The summed E-state index contributed by atoms with van der Waals surface area (Å²) >= 11 is 0. The molecule has 1 N–H and O–H groups in total. The fourth-order valence-corrected chi connectivity index (χ4v) is 4.64. The van der Waals surface area contributed by atoms with Crippen molar-refractivity contribution in [3.05, 3.63) is 32.6 Å². The van der Waals surface area contributed by atoms with Crippen LogP contribution in [0.4, 0.5) is 0 Å². The van der Waals surface area contributed by atoms with Crippen molar-refractivity contribution < 1.29 is 9.26 Å². The fraction of sp³-hybridized carbons (Fsp3) is 0.591. The second-order valence-corrected chi connectivity index (χ2v) is 9.07. The van der Waals surface area contributed by atoms with E-state index in [1.54, 1.807) is 0 Å². The number of terminal acetylenes is 1. The zero-order chi connectivity index (χ0) is 21.9. The molecule has 2 heterocycles. The summed E-state index contributed by atoms with van der Waals surface area (Å²) in [6, 6.07) is 0. The maximum Gasteiger partial charge on any atom is 0.330 e. The van der Waals surface area contributed by atoms with Gasteiger partial charge in [-0.1, -0.05) is 11.8 Å². The van der Waals surface area contributed by atoms with Gasteiger partial charge in [0.15, 0.2) is 6.40 Å². The van der Waals surface area contributed by atoms with Crippen LogP contribution in [0.15, 0.2) is 20.8 Å². The zero-order valence-corrected chi connectivity index (χ0v) is 18.8. The number of ether oxygens (including phenoxy) is 1. The number of H-pyrrole nitrogens is 1. The van der Waals surface area contributed by atoms with E-state index < -0.39 is 25.6 Å². The molecule has 0 spiro atoms. The minimum atomic E-state index is -0.661. The van der Waals surface area contributed by atoms with Crippen molar-refractivity contribution in [3.8, 4) is 24.2 Å². The van der Waals surface area contributed by atoms with Crippen LogP contribution in [0.2, 0.25) is 0 Å². The predicted octanol–water partition coefficient (Wildman–Crippen LogP) is 3.10. The van der Waals surface area contributed by atoms with Gasteiger partial charge in [-0.05, 0) is 45.7 Å². The third-order valence-corrected chi connectivity index (χ3v) is 6.33. The van der Waals surface area contributed by atoms with Crippen LogP contribution in [-0.2, 0) is 9.26 Å². The molecule has 1 aliphatic heterocycles. The molecule has 2 unspecified atom stereocenters. The summed E-state index contributed by atoms with van der Waals surface area (Å²) in [6.07, 6.45) is 12.5. The maximum absolute atomic E-state index is 12.4. The third-order valence-electron chi connectivity index (χ3n) is 4.89. The standard InChI is InChI=1S/C22H30N3O4P/c1-5-7-8-9-10-11-12-18-14-25(22(27)24-21(18)26)20-13-19(17(3)29-20)15-30(4)28-16-23-6-2/h1,14,16-17,19-20H,6-10,13,15H2,2-4H3,(H,24,26,27)/t17-,19?,20-,30?/m1/s1. The molecule has 0 amide bonds. The molecule has 1 aliphatic rings. The molecule has 7 nitrogen and oxygen atoms in total. The average molecular weight is 431 g/mol. The predicted molar refractivity (Wildman–Crippen MR) is 121 cm³/mol. The maximum atomic E-state index is 12.4. The fourth-order valence-electron chi connectivity index (χ4n) is 3.22. The molecule has 1 saturated heterocycles. The number of hydrogen-bond acceptors (Lipinski definition) is 5. The highest BCUT2D eigenvalue weighted by Gasteiger charge is 2.35. The summed E-state index contributed by atoms with van der Waals surface area (Å²) in [4.78, 5) is 30.9. The lowest BCUT2D eigenvalue weighted by atomic mass is 10.0. The van der Waals surface area contributed by atoms with Crippen LogP contribution in [0.5, 0.6) is 0 Å². The monoisotopic (exact) mass is 431 g/mol. The number of nitrogens with one attached hydrogen (secondary N) is 1. The second kappa shape index (κ2) is 12.4. The molecule has 8 heteroatoms. The number of nitrogens with zero attached hydrogens (tertiary/aromatic N) is 2. The summed E-state index contributed by atoms with van der Waals surface area (Å²) in [6.45, 7) is 6.71. The van der Waals surface area contributed by atoms with E-state index in [1.165, 1.54) is 17.2 Å². The van der Waals surface area contributed by atoms with Crippen LogP contribution in [0.3, 0.4) is 0 Å². The van der Waals surface area contributed by atoms with Crippen molar-refractivity contribution in [1.29, 1.82) is 0 Å². The second-order valence-electron chi connectivity index (χ2n) is 7.23. The quantitative estimate of drug-likeness (QED) is 0.214. The number of aromatic nitrogens is 2. The molecule has 0 aromatic carbocycles. The first-order valence-corrected chi connectivity index (χ1v) is 12.1. The van der Waals surface area contributed by atoms with Crippen molar-refractivity contribution in [2.75, 3.05) is 19.4 Å². The molecular formula is C22H30N3O4P. The minimum absolute atomic E-state index is 0.0174. The van der Waals surface area contributed by atoms with Gasteiger partial charge >= 0.3 is 5.69 Å². The van der Waals surface area contributed by atoms with E-state index in [9.17, 15) is 9.59 Å². The number of aromatic amines is 1. The van der Waals surface area contributed by atoms with Gasteiger partial charge in [-0.2, -0.15) is 0 Å². The Balaban J connectivity index is 2.06. The van der Waals surface area contributed by atoms with E-state index in [0.717, 1.165) is 25.4 Å². The molecule has 0 aliphatic carbocycles. The molecule has 0 saturated carbocycles. The Kier molecular flexibility index (Phi) is 9.87. The van der Waals surface area contributed by atoms with Gasteiger partial charge in [-0.3, -0.25) is 19.3 Å². The van der Waals surface area contributed by atoms with Gasteiger partial charge in [-0.15, -0.1) is 12.3 Å². The Labute approximate surface area is 179 Å². The Hall–Kier alpha value is -2.34. The smallest absolute Gasteiger partial charge is 0.330 e. The molecule has 1 fully saturated rings. The largest absolute Gasteiger partial charge is 0.464 e. The first kappa shape index (κ1) is 23.9. The van der Waals surface area contributed by atoms with Crippen molar-refractivity contribution in [2.24, 2.45) is 10.9 Å². The van der Waals surface area contributed by atoms with E-state index in [0.29, 0.717) is 19.4 Å². The van der Waals surface area contributed by atoms with Gasteiger partial charge in [0.1, 0.15) is 11.8 Å². The van der Waals surface area contributed by atoms with Crippen molar-refractivity contribution in [1.82, 2.24) is 9.55 Å². The van der Waals surface area contributed by atoms with Crippen LogP contribution in [0.1, 0.15) is 57.7 Å². The molecular weight excluding hydrogens is 401 g/mol. The topological polar surface area (TPSA) is 85.7 Å². The lowest BCUT2D eigenvalue weighted by Gasteiger charge is -2.17. The van der Waals surface area contributed by atoms with Gasteiger partial charge in [0.05, 0.1) is 14.3 Å². The number of hydrogen-bond donors (Lipinski definition) is 1. The SMILES string of the molecule is C#CCCCCC#Cc1cn([C@H]2CC(CP(C)OC=NCC)[C@@H](C)O2)c(=O)[nH]c1=O. The molecule has 2 rings (SSSR count). The lowest BCUT2D eigenvalue weighted by Crippen LogP contribution is -2.33. The Morgan fingerprint density at radius 3 is 2.93 bits per heavy atom. The van der Waals surface area contributed by atoms with Crippen LogP contribution in [0, 0.1) is 30.1 Å². The molecule has 162 valence electrons. The van der Waals surface area contributed by atoms with Gasteiger partial charge in [0, 0.05) is 31.7 Å². The summed E-state index contributed by atoms with van der Waals surface area (Å²) in [5, 5.41) is 0. The molecule has 0 bridgehead atoms. The summed E-state index contributed by atoms with van der Waals surface area (Å²) in [5.41, 5.74) is -0.693. The number of rotatable bonds is 9. The number of aliphatic imine (C=N–C) groups is 1. The molecule has 1 aromatic rings. The Bertz CT molecular complexity index is 935. The van der Waals surface area contributed by atoms with E-state index in [1.807, 2.05) is 13.8 Å². The highest BCUT2D eigenvalue weighted by Crippen LogP contribution is 2.42. The van der Waals surface area contributed by atoms with E-state index in [2.05, 4.69) is 34.4 Å².